The first-order chi connectivity index (χ1) is 10.1. The number of ether oxygens (including phenoxy) is 3. The third kappa shape index (κ3) is 2.40. The molecule has 3 rings (SSSR count). The van der Waals surface area contributed by atoms with Crippen LogP contribution in [0.4, 0.5) is 0 Å². The van der Waals surface area contributed by atoms with E-state index in [4.69, 9.17) is 18.6 Å². The van der Waals surface area contributed by atoms with Gasteiger partial charge in [-0.15, -0.1) is 0 Å². The van der Waals surface area contributed by atoms with Crippen LogP contribution in [0.3, 0.4) is 0 Å². The molecule has 2 saturated heterocycles. The van der Waals surface area contributed by atoms with Gasteiger partial charge in [-0.1, -0.05) is 20.8 Å². The lowest BCUT2D eigenvalue weighted by atomic mass is 9.82. The Morgan fingerprint density at radius 2 is 1.95 bits per heavy atom. The van der Waals surface area contributed by atoms with Crippen LogP contribution in [0.1, 0.15) is 40.0 Å². The Labute approximate surface area is 133 Å². The van der Waals surface area contributed by atoms with Crippen LogP contribution >= 0.6 is 0 Å². The fourth-order valence-electron chi connectivity index (χ4n) is 3.63. The molecule has 5 nitrogen and oxygen atoms in total. The number of fused-ring (bicyclic) bond motifs is 4. The minimum atomic E-state index is -2.07. The Bertz CT molecular complexity index is 472. The van der Waals surface area contributed by atoms with Gasteiger partial charge in [-0.05, 0) is 24.6 Å². The van der Waals surface area contributed by atoms with Gasteiger partial charge < -0.3 is 18.6 Å². The average molecular weight is 328 g/mol. The quantitative estimate of drug-likeness (QED) is 0.746. The number of rotatable bonds is 3. The van der Waals surface area contributed by atoms with Gasteiger partial charge in [0.05, 0.1) is 12.0 Å². The molecule has 2 heterocycles. The van der Waals surface area contributed by atoms with Crippen molar-refractivity contribution in [3.05, 3.63) is 0 Å². The fourth-order valence-corrected chi connectivity index (χ4v) is 5.21. The van der Waals surface area contributed by atoms with Crippen LogP contribution in [0.15, 0.2) is 0 Å². The molecule has 5 atom stereocenters. The summed E-state index contributed by atoms with van der Waals surface area (Å²) in [4.78, 5) is 12.5. The number of hydrogen-bond acceptors (Lipinski definition) is 5. The lowest BCUT2D eigenvalue weighted by molar-refractivity contribution is -0.263. The van der Waals surface area contributed by atoms with Crippen LogP contribution in [0.2, 0.25) is 18.1 Å². The summed E-state index contributed by atoms with van der Waals surface area (Å²) in [5.74, 6) is 0.136. The molecule has 0 amide bonds. The van der Waals surface area contributed by atoms with Gasteiger partial charge in [0, 0.05) is 20.0 Å². The van der Waals surface area contributed by atoms with E-state index in [1.54, 1.807) is 7.11 Å². The van der Waals surface area contributed by atoms with Crippen LogP contribution < -0.4 is 0 Å². The first-order valence-electron chi connectivity index (χ1n) is 8.16. The summed E-state index contributed by atoms with van der Waals surface area (Å²) in [5.41, 5.74) is -0.673. The highest BCUT2D eigenvalue weighted by molar-refractivity contribution is 6.74. The molecule has 0 aromatic carbocycles. The topological polar surface area (TPSA) is 54.0 Å². The Kier molecular flexibility index (Phi) is 3.85. The summed E-state index contributed by atoms with van der Waals surface area (Å²) in [6.07, 6.45) is 0.955. The molecule has 0 N–H and O–H groups in total. The third-order valence-electron chi connectivity index (χ3n) is 5.90. The molecule has 0 unspecified atom stereocenters. The predicted octanol–water partition coefficient (Wildman–Crippen LogP) is 2.84. The maximum absolute atomic E-state index is 12.5. The summed E-state index contributed by atoms with van der Waals surface area (Å²) in [6, 6.07) is 0. The second-order valence-corrected chi connectivity index (χ2v) is 13.1. The number of methoxy groups -OCH3 is 1. The van der Waals surface area contributed by atoms with Crippen LogP contribution in [-0.2, 0) is 23.4 Å². The van der Waals surface area contributed by atoms with Crippen molar-refractivity contribution in [2.45, 2.75) is 82.5 Å². The zero-order valence-electron chi connectivity index (χ0n) is 14.5. The van der Waals surface area contributed by atoms with E-state index in [1.165, 1.54) is 0 Å². The van der Waals surface area contributed by atoms with E-state index in [1.807, 2.05) is 0 Å². The van der Waals surface area contributed by atoms with Gasteiger partial charge >= 0.3 is 0 Å². The van der Waals surface area contributed by atoms with Crippen LogP contribution in [0.25, 0.3) is 0 Å². The summed E-state index contributed by atoms with van der Waals surface area (Å²) in [7, 11) is -0.440. The van der Waals surface area contributed by atoms with Crippen molar-refractivity contribution in [2.75, 3.05) is 7.11 Å². The molecule has 126 valence electrons. The zero-order valence-corrected chi connectivity index (χ0v) is 15.5. The number of carbonyl (C=O) groups is 1. The van der Waals surface area contributed by atoms with E-state index in [9.17, 15) is 4.79 Å². The smallest absolute Gasteiger partial charge is 0.193 e. The van der Waals surface area contributed by atoms with Gasteiger partial charge in [0.1, 0.15) is 11.4 Å². The zero-order chi connectivity index (χ0) is 16.3. The number of Topliss-reactive ketones (excluding diaryl/α,β-unsaturated/α-hetero) is 1. The molecule has 6 heteroatoms. The van der Waals surface area contributed by atoms with Crippen LogP contribution in [0.5, 0.6) is 0 Å². The van der Waals surface area contributed by atoms with Gasteiger partial charge in [-0.25, -0.2) is 0 Å². The highest BCUT2D eigenvalue weighted by Crippen LogP contribution is 2.54. The molecule has 2 bridgehead atoms. The molecular formula is C16H28O5Si. The number of carbonyl (C=O) groups excluding carboxylic acids is 1. The van der Waals surface area contributed by atoms with Crippen molar-refractivity contribution in [1.82, 2.24) is 0 Å². The summed E-state index contributed by atoms with van der Waals surface area (Å²) in [6.45, 7) is 11.0. The molecule has 3 aliphatic rings. The molecule has 1 aliphatic carbocycles. The Morgan fingerprint density at radius 3 is 2.55 bits per heavy atom. The highest BCUT2D eigenvalue weighted by Gasteiger charge is 2.66. The Morgan fingerprint density at radius 1 is 1.27 bits per heavy atom. The Balaban J connectivity index is 1.96. The maximum Gasteiger partial charge on any atom is 0.193 e. The van der Waals surface area contributed by atoms with E-state index in [0.29, 0.717) is 12.8 Å². The fraction of sp³-hybridized carbons (Fsp3) is 0.938. The SMILES string of the molecule is CO[C@@H]1C[C@@]2(O[Si](C)(C)C(C)(C)C)[C@H](O[C@@H]3CC(=O)[C@H]2C3)O1. The Hall–Kier alpha value is -0.273. The lowest BCUT2D eigenvalue weighted by Gasteiger charge is -2.49. The number of hydrogen-bond donors (Lipinski definition) is 0. The van der Waals surface area contributed by atoms with E-state index >= 15 is 0 Å². The first kappa shape index (κ1) is 16.6. The highest BCUT2D eigenvalue weighted by atomic mass is 28.4. The minimum Gasteiger partial charge on any atom is -0.405 e. The van der Waals surface area contributed by atoms with Gasteiger partial charge in [0.2, 0.25) is 0 Å². The molecule has 3 fully saturated rings. The predicted molar refractivity (Wildman–Crippen MR) is 83.9 cm³/mol. The van der Waals surface area contributed by atoms with Gasteiger partial charge in [-0.3, -0.25) is 4.79 Å². The standard InChI is InChI=1S/C16H28O5Si/c1-15(2,3)22(5,6)21-16-9-13(18-4)20-14(16)19-10-7-11(16)12(17)8-10/h10-11,13-14H,7-9H2,1-6H3/t10-,11+,13-,14+,16-/m0/s1. The second kappa shape index (κ2) is 5.11. The van der Waals surface area contributed by atoms with Crippen molar-refractivity contribution in [3.8, 4) is 0 Å². The molecular weight excluding hydrogens is 300 g/mol. The first-order valence-corrected chi connectivity index (χ1v) is 11.1. The molecule has 1 saturated carbocycles. The summed E-state index contributed by atoms with van der Waals surface area (Å²) in [5, 5.41) is 0.0654. The maximum atomic E-state index is 12.5. The van der Waals surface area contributed by atoms with Crippen molar-refractivity contribution >= 4 is 14.1 Å². The van der Waals surface area contributed by atoms with Crippen LogP contribution in [-0.4, -0.2) is 45.5 Å². The monoisotopic (exact) mass is 328 g/mol. The van der Waals surface area contributed by atoms with Crippen molar-refractivity contribution in [3.63, 3.8) is 0 Å². The van der Waals surface area contributed by atoms with Gasteiger partial charge in [0.15, 0.2) is 20.9 Å². The molecule has 0 spiro atoms. The third-order valence-corrected chi connectivity index (χ3v) is 10.4. The van der Waals surface area contributed by atoms with Crippen molar-refractivity contribution in [1.29, 1.82) is 0 Å². The summed E-state index contributed by atoms with van der Waals surface area (Å²) >= 11 is 0. The van der Waals surface area contributed by atoms with Gasteiger partial charge in [-0.2, -0.15) is 0 Å². The van der Waals surface area contributed by atoms with E-state index in [-0.39, 0.29) is 29.1 Å². The molecule has 0 aromatic rings. The molecule has 0 aromatic heterocycles. The van der Waals surface area contributed by atoms with E-state index < -0.39 is 20.2 Å². The molecule has 22 heavy (non-hydrogen) atoms. The number of ketones is 1. The normalized spacial score (nSPS) is 41.8. The summed E-state index contributed by atoms with van der Waals surface area (Å²) < 4.78 is 24.1. The average Bonchev–Trinajstić information content (AvgIpc) is 2.89. The largest absolute Gasteiger partial charge is 0.405 e. The lowest BCUT2D eigenvalue weighted by Crippen LogP contribution is -2.60. The minimum absolute atomic E-state index is 0.0192. The van der Waals surface area contributed by atoms with Crippen LogP contribution in [0, 0.1) is 5.92 Å². The van der Waals surface area contributed by atoms with Crippen molar-refractivity contribution < 1.29 is 23.4 Å². The van der Waals surface area contributed by atoms with Crippen molar-refractivity contribution in [2.24, 2.45) is 5.92 Å². The van der Waals surface area contributed by atoms with E-state index in [2.05, 4.69) is 33.9 Å². The second-order valence-electron chi connectivity index (χ2n) is 8.37. The van der Waals surface area contributed by atoms with E-state index in [0.717, 1.165) is 6.42 Å². The molecule has 0 radical (unpaired) electrons. The van der Waals surface area contributed by atoms with Gasteiger partial charge in [0.25, 0.3) is 0 Å². The molecule has 2 aliphatic heterocycles.